The molecular formula is C6H9NO6P2. The van der Waals surface area contributed by atoms with Crippen molar-refractivity contribution >= 4 is 15.5 Å². The molecule has 1 atom stereocenters. The number of nitrogens with one attached hydrogen (secondary N) is 1. The van der Waals surface area contributed by atoms with Gasteiger partial charge in [0.25, 0.3) is 0 Å². The lowest BCUT2D eigenvalue weighted by molar-refractivity contribution is 0.342. The van der Waals surface area contributed by atoms with Crippen LogP contribution in [-0.2, 0) is 9.13 Å². The van der Waals surface area contributed by atoms with Gasteiger partial charge in [-0.15, -0.1) is 4.86 Å². The topological polar surface area (TPSA) is 116 Å². The maximum Gasteiger partial charge on any atom is 0.465 e. The van der Waals surface area contributed by atoms with E-state index in [1.165, 1.54) is 17.0 Å². The predicted octanol–water partition coefficient (Wildman–Crippen LogP) is 0.848. The van der Waals surface area contributed by atoms with Crippen LogP contribution in [0.5, 0.6) is 5.75 Å². The molecule has 1 unspecified atom stereocenters. The van der Waals surface area contributed by atoms with Crippen LogP contribution in [0.3, 0.4) is 0 Å². The van der Waals surface area contributed by atoms with Crippen LogP contribution in [0.15, 0.2) is 30.3 Å². The Kier molecular flexibility index (Phi) is 3.67. The molecule has 0 saturated heterocycles. The van der Waals surface area contributed by atoms with Crippen LogP contribution in [-0.4, -0.2) is 14.7 Å². The molecule has 0 aliphatic heterocycles. The Balaban J connectivity index is 2.74. The van der Waals surface area contributed by atoms with Gasteiger partial charge in [-0.1, -0.05) is 18.2 Å². The highest BCUT2D eigenvalue weighted by atomic mass is 31.3. The molecule has 9 heteroatoms. The fourth-order valence-corrected chi connectivity index (χ4v) is 2.70. The van der Waals surface area contributed by atoms with E-state index in [1.54, 1.807) is 18.2 Å². The van der Waals surface area contributed by atoms with Gasteiger partial charge < -0.3 is 19.2 Å². The quantitative estimate of drug-likeness (QED) is 0.587. The van der Waals surface area contributed by atoms with E-state index in [2.05, 4.69) is 4.52 Å². The van der Waals surface area contributed by atoms with Gasteiger partial charge in [0.1, 0.15) is 5.75 Å². The summed E-state index contributed by atoms with van der Waals surface area (Å²) in [6, 6.07) is 7.51. The number of benzene rings is 1. The molecule has 0 fully saturated rings. The normalized spacial score (nSPS) is 15.7. The van der Waals surface area contributed by atoms with Crippen LogP contribution in [0.25, 0.3) is 0 Å². The molecule has 0 heterocycles. The number of para-hydroxylation sites is 1. The molecule has 0 amide bonds. The Bertz CT molecular complexity index is 415. The molecule has 0 aliphatic carbocycles. The standard InChI is InChI=1S/C6H9NO6P2/c8-14(9,10)7-15(11,12)13-6-4-2-1-3-5-6/h1-5H,(H4,7,8,9,10,11,12). The maximum atomic E-state index is 11.1. The minimum absolute atomic E-state index is 0.0317. The van der Waals surface area contributed by atoms with Crippen LogP contribution in [0, 0.1) is 0 Å². The van der Waals surface area contributed by atoms with E-state index in [0.29, 0.717) is 0 Å². The minimum atomic E-state index is -4.81. The molecule has 15 heavy (non-hydrogen) atoms. The second kappa shape index (κ2) is 4.45. The monoisotopic (exact) mass is 253 g/mol. The smallest absolute Gasteiger partial charge is 0.413 e. The average molecular weight is 253 g/mol. The first-order chi connectivity index (χ1) is 6.79. The minimum Gasteiger partial charge on any atom is -0.413 e. The zero-order chi connectivity index (χ0) is 11.5. The maximum absolute atomic E-state index is 11.1. The van der Waals surface area contributed by atoms with Crippen molar-refractivity contribution in [1.29, 1.82) is 0 Å². The van der Waals surface area contributed by atoms with Crippen LogP contribution >= 0.6 is 15.5 Å². The van der Waals surface area contributed by atoms with Crippen molar-refractivity contribution in [2.75, 3.05) is 0 Å². The van der Waals surface area contributed by atoms with Gasteiger partial charge in [0, 0.05) is 0 Å². The first-order valence-electron chi connectivity index (χ1n) is 3.71. The summed E-state index contributed by atoms with van der Waals surface area (Å²) in [6.45, 7) is 0. The zero-order valence-corrected chi connectivity index (χ0v) is 9.14. The molecule has 0 saturated carbocycles. The fourth-order valence-electron chi connectivity index (χ4n) is 0.809. The first-order valence-corrected chi connectivity index (χ1v) is 6.90. The summed E-state index contributed by atoms with van der Waals surface area (Å²) in [4.78, 5) is 27.1. The first kappa shape index (κ1) is 12.4. The van der Waals surface area contributed by atoms with Gasteiger partial charge >= 0.3 is 15.5 Å². The fraction of sp³-hybridized carbons (Fsp3) is 0. The summed E-state index contributed by atoms with van der Waals surface area (Å²) in [7, 11) is -9.36. The molecule has 1 aromatic rings. The van der Waals surface area contributed by atoms with Crippen LogP contribution < -0.4 is 9.38 Å². The lowest BCUT2D eigenvalue weighted by Crippen LogP contribution is -2.10. The number of rotatable bonds is 4. The highest BCUT2D eigenvalue weighted by Gasteiger charge is 2.30. The average Bonchev–Trinajstić information content (AvgIpc) is 1.99. The Hall–Kier alpha value is -0.680. The molecule has 4 N–H and O–H groups in total. The van der Waals surface area contributed by atoms with Gasteiger partial charge in [0.15, 0.2) is 0 Å². The molecule has 0 radical (unpaired) electrons. The van der Waals surface area contributed by atoms with Crippen molar-refractivity contribution in [3.63, 3.8) is 0 Å². The third-order valence-electron chi connectivity index (χ3n) is 1.23. The van der Waals surface area contributed by atoms with Gasteiger partial charge in [0.2, 0.25) is 0 Å². The van der Waals surface area contributed by atoms with E-state index in [4.69, 9.17) is 14.7 Å². The summed E-state index contributed by atoms with van der Waals surface area (Å²) < 4.78 is 26.0. The van der Waals surface area contributed by atoms with Crippen LogP contribution in [0.1, 0.15) is 0 Å². The molecule has 0 spiro atoms. The highest BCUT2D eigenvalue weighted by molar-refractivity contribution is 7.66. The van der Waals surface area contributed by atoms with E-state index in [9.17, 15) is 9.13 Å². The third kappa shape index (κ3) is 5.09. The molecule has 7 nitrogen and oxygen atoms in total. The van der Waals surface area contributed by atoms with Crippen LogP contribution in [0.2, 0.25) is 0 Å². The van der Waals surface area contributed by atoms with Crippen molar-refractivity contribution in [2.45, 2.75) is 0 Å². The predicted molar refractivity (Wildman–Crippen MR) is 52.1 cm³/mol. The van der Waals surface area contributed by atoms with Crippen molar-refractivity contribution in [1.82, 2.24) is 4.86 Å². The summed E-state index contributed by atoms with van der Waals surface area (Å²) in [5.74, 6) is 0.0317. The Morgan fingerprint density at radius 3 is 2.07 bits per heavy atom. The molecule has 1 aromatic carbocycles. The van der Waals surface area contributed by atoms with E-state index >= 15 is 0 Å². The summed E-state index contributed by atoms with van der Waals surface area (Å²) in [6.07, 6.45) is 0. The molecule has 0 bridgehead atoms. The van der Waals surface area contributed by atoms with E-state index in [0.717, 1.165) is 0 Å². The van der Waals surface area contributed by atoms with Crippen molar-refractivity contribution in [3.8, 4) is 5.75 Å². The molecule has 0 aromatic heterocycles. The molecular weight excluding hydrogens is 244 g/mol. The van der Waals surface area contributed by atoms with Gasteiger partial charge in [-0.2, -0.15) is 0 Å². The summed E-state index contributed by atoms with van der Waals surface area (Å²) >= 11 is 0. The second-order valence-electron chi connectivity index (χ2n) is 2.57. The van der Waals surface area contributed by atoms with Crippen molar-refractivity contribution in [3.05, 3.63) is 30.3 Å². The molecule has 1 rings (SSSR count). The summed E-state index contributed by atoms with van der Waals surface area (Å²) in [5, 5.41) is 0. The van der Waals surface area contributed by atoms with Crippen molar-refractivity contribution in [2.24, 2.45) is 0 Å². The van der Waals surface area contributed by atoms with Gasteiger partial charge in [0.05, 0.1) is 0 Å². The van der Waals surface area contributed by atoms with Gasteiger partial charge in [-0.25, -0.2) is 9.13 Å². The van der Waals surface area contributed by atoms with E-state index in [1.807, 2.05) is 0 Å². The molecule has 0 aliphatic rings. The van der Waals surface area contributed by atoms with Crippen molar-refractivity contribution < 1.29 is 28.3 Å². The SMILES string of the molecule is O=P(O)(O)NP(=O)(O)Oc1ccccc1. The van der Waals surface area contributed by atoms with E-state index < -0.39 is 15.5 Å². The Labute approximate surface area is 85.5 Å². The lowest BCUT2D eigenvalue weighted by Gasteiger charge is -2.14. The van der Waals surface area contributed by atoms with Gasteiger partial charge in [-0.3, -0.25) is 0 Å². The zero-order valence-electron chi connectivity index (χ0n) is 7.35. The Morgan fingerprint density at radius 1 is 1.07 bits per heavy atom. The van der Waals surface area contributed by atoms with Crippen LogP contribution in [0.4, 0.5) is 0 Å². The van der Waals surface area contributed by atoms with Gasteiger partial charge in [-0.05, 0) is 12.1 Å². The summed E-state index contributed by atoms with van der Waals surface area (Å²) in [5.41, 5.74) is 0. The largest absolute Gasteiger partial charge is 0.465 e. The highest BCUT2D eigenvalue weighted by Crippen LogP contribution is 2.48. The second-order valence-corrected chi connectivity index (χ2v) is 5.68. The van der Waals surface area contributed by atoms with E-state index in [-0.39, 0.29) is 5.75 Å². The Morgan fingerprint density at radius 2 is 1.60 bits per heavy atom. The number of hydrogen-bond acceptors (Lipinski definition) is 3. The molecule has 84 valence electrons. The lowest BCUT2D eigenvalue weighted by atomic mass is 10.3. The third-order valence-corrected chi connectivity index (χ3v) is 3.74. The number of hydrogen-bond donors (Lipinski definition) is 4.